The molecule has 0 amide bonds. The molecule has 0 saturated heterocycles. The Morgan fingerprint density at radius 1 is 0.958 bits per heavy atom. The van der Waals surface area contributed by atoms with E-state index in [1.807, 2.05) is 20.8 Å². The summed E-state index contributed by atoms with van der Waals surface area (Å²) < 4.78 is 65.0. The molecule has 1 heterocycles. The SMILES string of the molecule is CC1=Nc2c(ccc3c(S(=O)(=O)O)cc(S(=O)(=O)O)cc23)C1(C)C. The number of hydrogen-bond acceptors (Lipinski definition) is 5. The molecule has 2 aromatic rings. The van der Waals surface area contributed by atoms with Gasteiger partial charge in [0.2, 0.25) is 0 Å². The van der Waals surface area contributed by atoms with Gasteiger partial charge in [-0.15, -0.1) is 0 Å². The van der Waals surface area contributed by atoms with Crippen LogP contribution in [0.15, 0.2) is 39.0 Å². The molecule has 0 aliphatic carbocycles. The molecule has 1 aliphatic heterocycles. The highest BCUT2D eigenvalue weighted by molar-refractivity contribution is 7.86. The molecule has 0 fully saturated rings. The first kappa shape index (κ1) is 17.0. The maximum atomic E-state index is 11.7. The maximum Gasteiger partial charge on any atom is 0.295 e. The highest BCUT2D eigenvalue weighted by Gasteiger charge is 2.34. The fourth-order valence-corrected chi connectivity index (χ4v) is 4.19. The molecule has 0 radical (unpaired) electrons. The fourth-order valence-electron chi connectivity index (χ4n) is 2.85. The number of hydrogen-bond donors (Lipinski definition) is 2. The van der Waals surface area contributed by atoms with E-state index in [2.05, 4.69) is 4.99 Å². The van der Waals surface area contributed by atoms with Gasteiger partial charge in [-0.2, -0.15) is 16.8 Å². The molecule has 0 unspecified atom stereocenters. The van der Waals surface area contributed by atoms with E-state index >= 15 is 0 Å². The minimum absolute atomic E-state index is 0.137. The van der Waals surface area contributed by atoms with Crippen LogP contribution in [0.3, 0.4) is 0 Å². The largest absolute Gasteiger partial charge is 0.295 e. The van der Waals surface area contributed by atoms with Gasteiger partial charge in [0.15, 0.2) is 0 Å². The van der Waals surface area contributed by atoms with Crippen LogP contribution in [0, 0.1) is 0 Å². The van der Waals surface area contributed by atoms with Gasteiger partial charge in [-0.05, 0) is 24.6 Å². The van der Waals surface area contributed by atoms with Gasteiger partial charge in [0.1, 0.15) is 4.90 Å². The molecule has 0 spiro atoms. The first-order valence-corrected chi connectivity index (χ1v) is 9.83. The molecule has 2 aromatic carbocycles. The predicted molar refractivity (Wildman–Crippen MR) is 89.4 cm³/mol. The van der Waals surface area contributed by atoms with Crippen molar-refractivity contribution < 1.29 is 25.9 Å². The van der Waals surface area contributed by atoms with E-state index in [-0.39, 0.29) is 10.8 Å². The van der Waals surface area contributed by atoms with Crippen LogP contribution in [-0.2, 0) is 25.7 Å². The van der Waals surface area contributed by atoms with Crippen LogP contribution in [0.25, 0.3) is 10.8 Å². The van der Waals surface area contributed by atoms with E-state index in [0.29, 0.717) is 5.69 Å². The zero-order valence-electron chi connectivity index (χ0n) is 13.1. The molecule has 2 N–H and O–H groups in total. The Balaban J connectivity index is 2.56. The van der Waals surface area contributed by atoms with Gasteiger partial charge >= 0.3 is 0 Å². The standard InChI is InChI=1S/C15H15NO6S2/c1-8-15(2,3)12-5-4-10-11(14(12)16-8)6-9(23(17,18)19)7-13(10)24(20,21)22/h4-7H,1-3H3,(H,17,18,19)(H,20,21,22). The Hall–Kier alpha value is -1.81. The summed E-state index contributed by atoms with van der Waals surface area (Å²) in [6, 6.07) is 5.10. The number of fused-ring (bicyclic) bond motifs is 3. The third-order valence-electron chi connectivity index (χ3n) is 4.48. The summed E-state index contributed by atoms with van der Waals surface area (Å²) in [5.41, 5.74) is 1.64. The third kappa shape index (κ3) is 2.44. The zero-order valence-corrected chi connectivity index (χ0v) is 14.7. The van der Waals surface area contributed by atoms with Crippen LogP contribution < -0.4 is 0 Å². The molecule has 0 saturated carbocycles. The Morgan fingerprint density at radius 2 is 1.58 bits per heavy atom. The van der Waals surface area contributed by atoms with Crippen LogP contribution >= 0.6 is 0 Å². The lowest BCUT2D eigenvalue weighted by Crippen LogP contribution is -2.22. The lowest BCUT2D eigenvalue weighted by Gasteiger charge is -2.20. The average molecular weight is 369 g/mol. The summed E-state index contributed by atoms with van der Waals surface area (Å²) in [6.07, 6.45) is 0. The minimum atomic E-state index is -4.70. The Labute approximate surface area is 139 Å². The lowest BCUT2D eigenvalue weighted by molar-refractivity contribution is 0.482. The van der Waals surface area contributed by atoms with Crippen molar-refractivity contribution in [3.8, 4) is 0 Å². The molecule has 1 aliphatic rings. The van der Waals surface area contributed by atoms with E-state index < -0.39 is 35.4 Å². The van der Waals surface area contributed by atoms with E-state index in [0.717, 1.165) is 23.4 Å². The normalized spacial score (nSPS) is 17.0. The summed E-state index contributed by atoms with van der Waals surface area (Å²) in [5, 5.41) is 0.373. The molecule has 3 rings (SSSR count). The summed E-state index contributed by atoms with van der Waals surface area (Å²) in [7, 11) is -9.36. The molecule has 0 aromatic heterocycles. The molecule has 9 heteroatoms. The first-order valence-electron chi connectivity index (χ1n) is 6.95. The van der Waals surface area contributed by atoms with Crippen molar-refractivity contribution in [2.75, 3.05) is 0 Å². The summed E-state index contributed by atoms with van der Waals surface area (Å²) in [4.78, 5) is 3.24. The average Bonchev–Trinajstić information content (AvgIpc) is 2.66. The highest BCUT2D eigenvalue weighted by Crippen LogP contribution is 2.45. The van der Waals surface area contributed by atoms with Gasteiger partial charge in [0.05, 0.1) is 10.6 Å². The molecule has 0 bridgehead atoms. The Kier molecular flexibility index (Phi) is 3.44. The van der Waals surface area contributed by atoms with Crippen LogP contribution in [0.4, 0.5) is 5.69 Å². The van der Waals surface area contributed by atoms with E-state index in [9.17, 15) is 25.9 Å². The van der Waals surface area contributed by atoms with Crippen molar-refractivity contribution in [1.29, 1.82) is 0 Å². The topological polar surface area (TPSA) is 121 Å². The van der Waals surface area contributed by atoms with Crippen LogP contribution in [0.2, 0.25) is 0 Å². The number of nitrogens with zero attached hydrogens (tertiary/aromatic N) is 1. The van der Waals surface area contributed by atoms with Crippen molar-refractivity contribution in [3.05, 3.63) is 29.8 Å². The molecule has 0 atom stereocenters. The lowest BCUT2D eigenvalue weighted by atomic mass is 9.81. The second kappa shape index (κ2) is 4.85. The van der Waals surface area contributed by atoms with Crippen molar-refractivity contribution in [1.82, 2.24) is 0 Å². The van der Waals surface area contributed by atoms with Gasteiger partial charge in [-0.25, -0.2) is 0 Å². The zero-order chi connectivity index (χ0) is 18.1. The predicted octanol–water partition coefficient (Wildman–Crippen LogP) is 2.72. The van der Waals surface area contributed by atoms with E-state index in [1.54, 1.807) is 6.07 Å². The van der Waals surface area contributed by atoms with Crippen molar-refractivity contribution in [2.24, 2.45) is 4.99 Å². The molecular weight excluding hydrogens is 354 g/mol. The van der Waals surface area contributed by atoms with Crippen LogP contribution in [0.1, 0.15) is 26.3 Å². The summed E-state index contributed by atoms with van der Waals surface area (Å²) in [5.74, 6) is 0. The molecular formula is C15H15NO6S2. The molecule has 128 valence electrons. The fraction of sp³-hybridized carbons (Fsp3) is 0.267. The second-order valence-corrected chi connectivity index (χ2v) is 9.06. The Bertz CT molecular complexity index is 1130. The van der Waals surface area contributed by atoms with Crippen LogP contribution in [-0.4, -0.2) is 31.7 Å². The Morgan fingerprint density at radius 3 is 2.12 bits per heavy atom. The first-order chi connectivity index (χ1) is 10.8. The van der Waals surface area contributed by atoms with Crippen molar-refractivity contribution in [3.63, 3.8) is 0 Å². The van der Waals surface area contributed by atoms with Crippen molar-refractivity contribution in [2.45, 2.75) is 36.0 Å². The molecule has 24 heavy (non-hydrogen) atoms. The van der Waals surface area contributed by atoms with Crippen molar-refractivity contribution >= 4 is 42.4 Å². The van der Waals surface area contributed by atoms with E-state index in [4.69, 9.17) is 0 Å². The number of rotatable bonds is 2. The monoisotopic (exact) mass is 369 g/mol. The summed E-state index contributed by atoms with van der Waals surface area (Å²) >= 11 is 0. The van der Waals surface area contributed by atoms with Crippen LogP contribution in [0.5, 0.6) is 0 Å². The maximum absolute atomic E-state index is 11.7. The minimum Gasteiger partial charge on any atom is -0.282 e. The second-order valence-electron chi connectivity index (χ2n) is 6.25. The molecule has 7 nitrogen and oxygen atoms in total. The quantitative estimate of drug-likeness (QED) is 0.785. The smallest absolute Gasteiger partial charge is 0.282 e. The number of benzene rings is 2. The highest BCUT2D eigenvalue weighted by atomic mass is 32.2. The third-order valence-corrected chi connectivity index (χ3v) is 6.20. The van der Waals surface area contributed by atoms with Gasteiger partial charge in [0.25, 0.3) is 20.2 Å². The van der Waals surface area contributed by atoms with Gasteiger partial charge < -0.3 is 0 Å². The number of aliphatic imine (C=N–C) groups is 1. The van der Waals surface area contributed by atoms with E-state index in [1.165, 1.54) is 6.07 Å². The van der Waals surface area contributed by atoms with Gasteiger partial charge in [-0.3, -0.25) is 14.1 Å². The van der Waals surface area contributed by atoms with Gasteiger partial charge in [0, 0.05) is 21.9 Å². The summed E-state index contributed by atoms with van der Waals surface area (Å²) in [6.45, 7) is 5.71. The van der Waals surface area contributed by atoms with Gasteiger partial charge in [-0.1, -0.05) is 26.0 Å².